The lowest BCUT2D eigenvalue weighted by atomic mass is 10.1. The van der Waals surface area contributed by atoms with Crippen LogP contribution in [0, 0.1) is 0 Å². The van der Waals surface area contributed by atoms with Gasteiger partial charge in [0.25, 0.3) is 0 Å². The molecule has 0 aliphatic carbocycles. The van der Waals surface area contributed by atoms with E-state index in [1.54, 1.807) is 24.3 Å². The second-order valence-corrected chi connectivity index (χ2v) is 8.40. The predicted octanol–water partition coefficient (Wildman–Crippen LogP) is 1.64. The topological polar surface area (TPSA) is 119 Å². The van der Waals surface area contributed by atoms with Crippen LogP contribution in [0.15, 0.2) is 47.4 Å². The zero-order valence-electron chi connectivity index (χ0n) is 15.3. The number of hydrogen-bond acceptors (Lipinski definition) is 5. The van der Waals surface area contributed by atoms with Crippen molar-refractivity contribution in [3.8, 4) is 5.75 Å². The molecule has 2 aromatic rings. The summed E-state index contributed by atoms with van der Waals surface area (Å²) in [5, 5.41) is 2.75. The molecule has 0 radical (unpaired) electrons. The molecule has 0 aliphatic heterocycles. The van der Waals surface area contributed by atoms with Crippen molar-refractivity contribution < 1.29 is 22.7 Å². The quantitative estimate of drug-likeness (QED) is 0.666. The van der Waals surface area contributed by atoms with E-state index in [2.05, 4.69) is 5.32 Å². The Hall–Kier alpha value is -2.62. The smallest absolute Gasteiger partial charge is 0.243 e. The third kappa shape index (κ3) is 5.44. The maximum Gasteiger partial charge on any atom is 0.243 e. The van der Waals surface area contributed by atoms with Crippen LogP contribution in [-0.4, -0.2) is 45.2 Å². The first-order valence-corrected chi connectivity index (χ1v) is 9.92. The van der Waals surface area contributed by atoms with Crippen molar-refractivity contribution >= 4 is 39.1 Å². The summed E-state index contributed by atoms with van der Waals surface area (Å²) in [4.78, 5) is 23.0. The summed E-state index contributed by atoms with van der Waals surface area (Å²) in [6.07, 6.45) is 0.0969. The number of carbonyl (C=O) groups is 2. The number of ether oxygens (including phenoxy) is 1. The van der Waals surface area contributed by atoms with E-state index >= 15 is 0 Å². The minimum absolute atomic E-state index is 0.0515. The van der Waals surface area contributed by atoms with E-state index in [9.17, 15) is 18.0 Å². The largest absolute Gasteiger partial charge is 0.495 e. The first kappa shape index (κ1) is 21.7. The number of sulfonamides is 1. The standard InChI is InChI=1S/C18H20ClN3O5S/c1-22(28(25,26)14-7-8-16(27-2)15(19)10-14)11-18(24)21-13-5-3-12(4-6-13)9-17(20)23/h3-8,10H,9,11H2,1-2H3,(H2,20,23)(H,21,24). The van der Waals surface area contributed by atoms with Gasteiger partial charge in [-0.2, -0.15) is 4.31 Å². The van der Waals surface area contributed by atoms with Gasteiger partial charge in [-0.3, -0.25) is 9.59 Å². The summed E-state index contributed by atoms with van der Waals surface area (Å²) < 4.78 is 31.2. The lowest BCUT2D eigenvalue weighted by molar-refractivity contribution is -0.117. The molecule has 8 nitrogen and oxygen atoms in total. The molecule has 0 aromatic heterocycles. The molecule has 2 rings (SSSR count). The van der Waals surface area contributed by atoms with Gasteiger partial charge in [0.05, 0.1) is 30.0 Å². The highest BCUT2D eigenvalue weighted by Crippen LogP contribution is 2.28. The highest BCUT2D eigenvalue weighted by molar-refractivity contribution is 7.89. The molecule has 2 aromatic carbocycles. The molecule has 0 spiro atoms. The highest BCUT2D eigenvalue weighted by Gasteiger charge is 2.24. The Bertz CT molecular complexity index is 977. The van der Waals surface area contributed by atoms with Crippen LogP contribution in [0.3, 0.4) is 0 Å². The van der Waals surface area contributed by atoms with Gasteiger partial charge in [-0.05, 0) is 35.9 Å². The average Bonchev–Trinajstić information content (AvgIpc) is 2.62. The Balaban J connectivity index is 2.04. The fourth-order valence-corrected chi connectivity index (χ4v) is 3.86. The van der Waals surface area contributed by atoms with Crippen molar-refractivity contribution in [2.24, 2.45) is 5.73 Å². The van der Waals surface area contributed by atoms with Crippen LogP contribution in [0.4, 0.5) is 5.69 Å². The fourth-order valence-electron chi connectivity index (χ4n) is 2.38. The highest BCUT2D eigenvalue weighted by atomic mass is 35.5. The first-order valence-electron chi connectivity index (χ1n) is 8.10. The molecule has 0 fully saturated rings. The van der Waals surface area contributed by atoms with Gasteiger partial charge in [0.1, 0.15) is 5.75 Å². The van der Waals surface area contributed by atoms with Crippen LogP contribution >= 0.6 is 11.6 Å². The fraction of sp³-hybridized carbons (Fsp3) is 0.222. The van der Waals surface area contributed by atoms with E-state index in [1.165, 1.54) is 32.4 Å². The van der Waals surface area contributed by atoms with E-state index in [1.807, 2.05) is 0 Å². The Labute approximate surface area is 168 Å². The number of nitrogens with one attached hydrogen (secondary N) is 1. The molecule has 10 heteroatoms. The maximum absolute atomic E-state index is 12.6. The average molecular weight is 426 g/mol. The van der Waals surface area contributed by atoms with Crippen molar-refractivity contribution in [2.45, 2.75) is 11.3 Å². The number of anilines is 1. The molecule has 0 aliphatic rings. The van der Waals surface area contributed by atoms with Crippen LogP contribution in [0.2, 0.25) is 5.02 Å². The van der Waals surface area contributed by atoms with Crippen molar-refractivity contribution in [1.29, 1.82) is 0 Å². The molecular formula is C18H20ClN3O5S. The van der Waals surface area contributed by atoms with Gasteiger partial charge >= 0.3 is 0 Å². The van der Waals surface area contributed by atoms with Gasteiger partial charge in [0.2, 0.25) is 21.8 Å². The van der Waals surface area contributed by atoms with Crippen LogP contribution in [0.5, 0.6) is 5.75 Å². The SMILES string of the molecule is COc1ccc(S(=O)(=O)N(C)CC(=O)Nc2ccc(CC(N)=O)cc2)cc1Cl. The van der Waals surface area contributed by atoms with Crippen LogP contribution < -0.4 is 15.8 Å². The number of likely N-dealkylation sites (N-methyl/N-ethyl adjacent to an activating group) is 1. The number of benzene rings is 2. The van der Waals surface area contributed by atoms with Gasteiger partial charge < -0.3 is 15.8 Å². The lowest BCUT2D eigenvalue weighted by Crippen LogP contribution is -2.35. The Morgan fingerprint density at radius 2 is 1.82 bits per heavy atom. The van der Waals surface area contributed by atoms with Crippen LogP contribution in [-0.2, 0) is 26.0 Å². The molecule has 3 N–H and O–H groups in total. The third-order valence-electron chi connectivity index (χ3n) is 3.81. The van der Waals surface area contributed by atoms with Crippen molar-refractivity contribution in [2.75, 3.05) is 26.0 Å². The number of halogens is 1. The normalized spacial score (nSPS) is 11.3. The van der Waals surface area contributed by atoms with Gasteiger partial charge in [0.15, 0.2) is 0 Å². The number of nitrogens with zero attached hydrogens (tertiary/aromatic N) is 1. The van der Waals surface area contributed by atoms with E-state index in [0.717, 1.165) is 4.31 Å². The maximum atomic E-state index is 12.6. The van der Waals surface area contributed by atoms with Crippen molar-refractivity contribution in [3.63, 3.8) is 0 Å². The molecule has 2 amide bonds. The summed E-state index contributed by atoms with van der Waals surface area (Å²) in [5.74, 6) is -0.628. The lowest BCUT2D eigenvalue weighted by Gasteiger charge is -2.17. The zero-order chi connectivity index (χ0) is 20.9. The van der Waals surface area contributed by atoms with Crippen LogP contribution in [0.25, 0.3) is 0 Å². The van der Waals surface area contributed by atoms with Crippen LogP contribution in [0.1, 0.15) is 5.56 Å². The molecule has 0 atom stereocenters. The van der Waals surface area contributed by atoms with Gasteiger partial charge in [-0.25, -0.2) is 8.42 Å². The number of carbonyl (C=O) groups excluding carboxylic acids is 2. The summed E-state index contributed by atoms with van der Waals surface area (Å²) in [5.41, 5.74) is 6.30. The van der Waals surface area contributed by atoms with E-state index in [0.29, 0.717) is 17.0 Å². The monoisotopic (exact) mass is 425 g/mol. The van der Waals surface area contributed by atoms with Gasteiger partial charge in [0, 0.05) is 12.7 Å². The molecule has 0 saturated carbocycles. The molecule has 0 unspecified atom stereocenters. The Morgan fingerprint density at radius 3 is 2.36 bits per heavy atom. The number of rotatable bonds is 8. The summed E-state index contributed by atoms with van der Waals surface area (Å²) in [6, 6.07) is 10.6. The van der Waals surface area contributed by atoms with E-state index < -0.39 is 28.4 Å². The van der Waals surface area contributed by atoms with E-state index in [4.69, 9.17) is 22.1 Å². The molecule has 28 heavy (non-hydrogen) atoms. The third-order valence-corrected chi connectivity index (χ3v) is 5.91. The molecular weight excluding hydrogens is 406 g/mol. The molecule has 0 heterocycles. The zero-order valence-corrected chi connectivity index (χ0v) is 16.9. The Kier molecular flexibility index (Phi) is 7.00. The summed E-state index contributed by atoms with van der Waals surface area (Å²) in [7, 11) is -1.20. The summed E-state index contributed by atoms with van der Waals surface area (Å²) >= 11 is 5.98. The summed E-state index contributed by atoms with van der Waals surface area (Å²) in [6.45, 7) is -0.394. The molecule has 150 valence electrons. The minimum atomic E-state index is -3.91. The predicted molar refractivity (Wildman–Crippen MR) is 106 cm³/mol. The number of nitrogens with two attached hydrogens (primary N) is 1. The molecule has 0 bridgehead atoms. The number of amides is 2. The Morgan fingerprint density at radius 1 is 1.18 bits per heavy atom. The molecule has 0 saturated heterocycles. The van der Waals surface area contributed by atoms with E-state index in [-0.39, 0.29) is 16.3 Å². The number of primary amides is 1. The first-order chi connectivity index (χ1) is 13.1. The number of hydrogen-bond donors (Lipinski definition) is 2. The second kappa shape index (κ2) is 9.05. The van der Waals surface area contributed by atoms with Gasteiger partial charge in [-0.1, -0.05) is 23.7 Å². The second-order valence-electron chi connectivity index (χ2n) is 5.95. The number of methoxy groups -OCH3 is 1. The minimum Gasteiger partial charge on any atom is -0.495 e. The van der Waals surface area contributed by atoms with Crippen molar-refractivity contribution in [1.82, 2.24) is 4.31 Å². The van der Waals surface area contributed by atoms with Gasteiger partial charge in [-0.15, -0.1) is 0 Å². The van der Waals surface area contributed by atoms with Crippen molar-refractivity contribution in [3.05, 3.63) is 53.1 Å².